The minimum absolute atomic E-state index is 0.0262. The molecule has 1 saturated carbocycles. The Morgan fingerprint density at radius 2 is 2.17 bits per heavy atom. The predicted octanol–water partition coefficient (Wildman–Crippen LogP) is 1.86. The first-order valence-electron chi connectivity index (χ1n) is 6.19. The molecule has 0 bridgehead atoms. The quantitative estimate of drug-likeness (QED) is 0.552. The van der Waals surface area contributed by atoms with Crippen molar-refractivity contribution in [1.82, 2.24) is 10.6 Å². The number of guanidine groups is 1. The van der Waals surface area contributed by atoms with Crippen LogP contribution in [-0.2, 0) is 0 Å². The Morgan fingerprint density at radius 3 is 2.83 bits per heavy atom. The fraction of sp³-hybridized carbons (Fsp3) is 0.500. The highest BCUT2D eigenvalue weighted by Crippen LogP contribution is 2.17. The van der Waals surface area contributed by atoms with Gasteiger partial charge in [-0.3, -0.25) is 5.32 Å². The third-order valence-electron chi connectivity index (χ3n) is 2.92. The van der Waals surface area contributed by atoms with Crippen LogP contribution < -0.4 is 16.4 Å². The minimum Gasteiger partial charge on any atom is -0.447 e. The lowest BCUT2D eigenvalue weighted by molar-refractivity contribution is 0.237. The average molecular weight is 250 g/mol. The summed E-state index contributed by atoms with van der Waals surface area (Å²) in [6.45, 7) is 0. The summed E-state index contributed by atoms with van der Waals surface area (Å²) in [5.41, 5.74) is 5.59. The van der Waals surface area contributed by atoms with Gasteiger partial charge in [-0.15, -0.1) is 0 Å². The summed E-state index contributed by atoms with van der Waals surface area (Å²) in [5, 5.41) is 5.37. The van der Waals surface area contributed by atoms with E-state index in [-0.39, 0.29) is 18.0 Å². The van der Waals surface area contributed by atoms with Crippen molar-refractivity contribution in [2.75, 3.05) is 0 Å². The molecule has 18 heavy (non-hydrogen) atoms. The van der Waals surface area contributed by atoms with Gasteiger partial charge in [0.1, 0.15) is 0 Å². The number of furan rings is 1. The first kappa shape index (κ1) is 12.5. The number of hydrogen-bond donors (Lipinski definition) is 3. The largest absolute Gasteiger partial charge is 0.447 e. The summed E-state index contributed by atoms with van der Waals surface area (Å²) in [6.07, 6.45) is 7.14. The second kappa shape index (κ2) is 6.09. The molecule has 98 valence electrons. The van der Waals surface area contributed by atoms with Crippen LogP contribution in [0.2, 0.25) is 0 Å². The highest BCUT2D eigenvalue weighted by Gasteiger charge is 2.15. The van der Waals surface area contributed by atoms with Crippen LogP contribution in [0.3, 0.4) is 0 Å². The zero-order valence-corrected chi connectivity index (χ0v) is 10.2. The highest BCUT2D eigenvalue weighted by atomic mass is 16.3. The Hall–Kier alpha value is -1.98. The molecule has 4 N–H and O–H groups in total. The minimum atomic E-state index is -0.310. The SMILES string of the molecule is NC(=Nc1ccco1)NC(=O)NC1CCCCC1. The second-order valence-electron chi connectivity index (χ2n) is 4.38. The van der Waals surface area contributed by atoms with E-state index >= 15 is 0 Å². The number of nitrogens with one attached hydrogen (secondary N) is 2. The number of carbonyl (C=O) groups excluding carboxylic acids is 1. The third kappa shape index (κ3) is 3.80. The number of nitrogens with zero attached hydrogens (tertiary/aromatic N) is 1. The first-order chi connectivity index (χ1) is 8.74. The van der Waals surface area contributed by atoms with Gasteiger partial charge in [-0.25, -0.2) is 4.79 Å². The van der Waals surface area contributed by atoms with Gasteiger partial charge in [0.15, 0.2) is 0 Å². The topological polar surface area (TPSA) is 92.7 Å². The molecule has 6 nitrogen and oxygen atoms in total. The van der Waals surface area contributed by atoms with E-state index in [0.29, 0.717) is 5.88 Å². The molecule has 1 aliphatic rings. The number of rotatable bonds is 2. The molecule has 0 atom stereocenters. The summed E-state index contributed by atoms with van der Waals surface area (Å²) in [6, 6.07) is 3.30. The highest BCUT2D eigenvalue weighted by molar-refractivity contribution is 5.96. The first-order valence-corrected chi connectivity index (χ1v) is 6.19. The van der Waals surface area contributed by atoms with E-state index in [0.717, 1.165) is 12.8 Å². The molecule has 0 saturated heterocycles. The Kier molecular flexibility index (Phi) is 4.22. The van der Waals surface area contributed by atoms with Crippen molar-refractivity contribution in [3.8, 4) is 0 Å². The second-order valence-corrected chi connectivity index (χ2v) is 4.38. The van der Waals surface area contributed by atoms with Crippen LogP contribution in [0.5, 0.6) is 0 Å². The smallest absolute Gasteiger partial charge is 0.321 e. The van der Waals surface area contributed by atoms with E-state index in [1.165, 1.54) is 25.5 Å². The van der Waals surface area contributed by atoms with Gasteiger partial charge < -0.3 is 15.5 Å². The van der Waals surface area contributed by atoms with E-state index in [1.54, 1.807) is 12.1 Å². The van der Waals surface area contributed by atoms with Crippen LogP contribution in [0.25, 0.3) is 0 Å². The third-order valence-corrected chi connectivity index (χ3v) is 2.92. The van der Waals surface area contributed by atoms with Gasteiger partial charge in [0.25, 0.3) is 0 Å². The normalized spacial score (nSPS) is 17.4. The number of aliphatic imine (C=N–C) groups is 1. The molecule has 1 fully saturated rings. The number of urea groups is 1. The molecule has 1 aliphatic carbocycles. The van der Waals surface area contributed by atoms with Crippen molar-refractivity contribution in [2.24, 2.45) is 10.7 Å². The van der Waals surface area contributed by atoms with Gasteiger partial charge in [0.05, 0.1) is 6.26 Å². The van der Waals surface area contributed by atoms with E-state index in [2.05, 4.69) is 15.6 Å². The van der Waals surface area contributed by atoms with Crippen molar-refractivity contribution in [3.05, 3.63) is 18.4 Å². The summed E-state index contributed by atoms with van der Waals surface area (Å²) in [7, 11) is 0. The van der Waals surface area contributed by atoms with Crippen LogP contribution >= 0.6 is 0 Å². The zero-order chi connectivity index (χ0) is 12.8. The van der Waals surface area contributed by atoms with Gasteiger partial charge in [-0.05, 0) is 18.9 Å². The molecular formula is C12H18N4O2. The molecule has 0 aliphatic heterocycles. The maximum Gasteiger partial charge on any atom is 0.321 e. The van der Waals surface area contributed by atoms with E-state index in [4.69, 9.17) is 10.2 Å². The lowest BCUT2D eigenvalue weighted by Gasteiger charge is -2.22. The predicted molar refractivity (Wildman–Crippen MR) is 68.5 cm³/mol. The van der Waals surface area contributed by atoms with E-state index < -0.39 is 0 Å². The molecular weight excluding hydrogens is 232 g/mol. The van der Waals surface area contributed by atoms with Crippen LogP contribution in [0.4, 0.5) is 10.7 Å². The number of carbonyl (C=O) groups is 1. The Bertz CT molecular complexity index is 408. The number of amides is 2. The maximum absolute atomic E-state index is 11.6. The molecule has 0 aromatic carbocycles. The summed E-state index contributed by atoms with van der Waals surface area (Å²) in [5.74, 6) is 0.392. The van der Waals surface area contributed by atoms with Crippen molar-refractivity contribution in [1.29, 1.82) is 0 Å². The van der Waals surface area contributed by atoms with E-state index in [1.807, 2.05) is 0 Å². The Morgan fingerprint density at radius 1 is 1.39 bits per heavy atom. The van der Waals surface area contributed by atoms with Gasteiger partial charge in [0.2, 0.25) is 11.8 Å². The van der Waals surface area contributed by atoms with Gasteiger partial charge in [-0.1, -0.05) is 19.3 Å². The van der Waals surface area contributed by atoms with Crippen LogP contribution in [-0.4, -0.2) is 18.0 Å². The molecule has 1 aromatic heterocycles. The van der Waals surface area contributed by atoms with Crippen molar-refractivity contribution in [3.63, 3.8) is 0 Å². The Balaban J connectivity index is 1.79. The van der Waals surface area contributed by atoms with Crippen LogP contribution in [0, 0.1) is 0 Å². The van der Waals surface area contributed by atoms with Gasteiger partial charge >= 0.3 is 6.03 Å². The number of hydrogen-bond acceptors (Lipinski definition) is 3. The van der Waals surface area contributed by atoms with Gasteiger partial charge in [-0.2, -0.15) is 4.99 Å². The lowest BCUT2D eigenvalue weighted by atomic mass is 9.96. The standard InChI is InChI=1S/C12H18N4O2/c13-11(15-10-7-4-8-18-10)16-12(17)14-9-5-2-1-3-6-9/h4,7-9H,1-3,5-6H2,(H4,13,14,15,16,17). The monoisotopic (exact) mass is 250 g/mol. The van der Waals surface area contributed by atoms with Crippen molar-refractivity contribution >= 4 is 17.9 Å². The van der Waals surface area contributed by atoms with E-state index in [9.17, 15) is 4.79 Å². The molecule has 0 unspecified atom stereocenters. The fourth-order valence-corrected chi connectivity index (χ4v) is 2.06. The summed E-state index contributed by atoms with van der Waals surface area (Å²) >= 11 is 0. The molecule has 2 rings (SSSR count). The molecule has 2 amide bonds. The molecule has 0 spiro atoms. The number of nitrogens with two attached hydrogens (primary N) is 1. The van der Waals surface area contributed by atoms with Crippen LogP contribution in [0.15, 0.2) is 27.8 Å². The zero-order valence-electron chi connectivity index (χ0n) is 10.2. The molecule has 0 radical (unpaired) electrons. The van der Waals surface area contributed by atoms with Crippen LogP contribution in [0.1, 0.15) is 32.1 Å². The molecule has 1 heterocycles. The molecule has 1 aromatic rings. The maximum atomic E-state index is 11.6. The lowest BCUT2D eigenvalue weighted by Crippen LogP contribution is -2.47. The molecule has 6 heteroatoms. The van der Waals surface area contributed by atoms with Crippen molar-refractivity contribution < 1.29 is 9.21 Å². The fourth-order valence-electron chi connectivity index (χ4n) is 2.06. The summed E-state index contributed by atoms with van der Waals surface area (Å²) in [4.78, 5) is 15.5. The summed E-state index contributed by atoms with van der Waals surface area (Å²) < 4.78 is 5.00. The van der Waals surface area contributed by atoms with Gasteiger partial charge in [0, 0.05) is 12.1 Å². The van der Waals surface area contributed by atoms with Crippen molar-refractivity contribution in [2.45, 2.75) is 38.1 Å². The Labute approximate surface area is 106 Å². The average Bonchev–Trinajstić information content (AvgIpc) is 2.82.